The van der Waals surface area contributed by atoms with Crippen LogP contribution in [0, 0.1) is 0 Å². The zero-order valence-electron chi connectivity index (χ0n) is 16.7. The van der Waals surface area contributed by atoms with Crippen LogP contribution in [0.3, 0.4) is 0 Å². The van der Waals surface area contributed by atoms with Crippen LogP contribution in [0.5, 0.6) is 0 Å². The summed E-state index contributed by atoms with van der Waals surface area (Å²) in [7, 11) is 1.76. The standard InChI is InChI=1S/C20H32N4O2.HI/c1-4-26-19(25)11-8-12-22-20(21-3)23-16(2)17-9-7-10-18(15-17)24-13-5-6-14-24;/h7,9-10,15-16H,4-6,8,11-14H2,1-3H3,(H2,21,22,23);1H. The Balaban J connectivity index is 0.00000364. The molecule has 1 aromatic rings. The highest BCUT2D eigenvalue weighted by Crippen LogP contribution is 2.23. The fraction of sp³-hybridized carbons (Fsp3) is 0.600. The first-order valence-corrected chi connectivity index (χ1v) is 9.61. The number of esters is 1. The van der Waals surface area contributed by atoms with E-state index < -0.39 is 0 Å². The zero-order valence-corrected chi connectivity index (χ0v) is 19.0. The van der Waals surface area contributed by atoms with Gasteiger partial charge in [-0.2, -0.15) is 0 Å². The van der Waals surface area contributed by atoms with E-state index in [9.17, 15) is 4.79 Å². The number of benzene rings is 1. The largest absolute Gasteiger partial charge is 0.466 e. The number of rotatable bonds is 8. The van der Waals surface area contributed by atoms with E-state index in [0.29, 0.717) is 19.6 Å². The van der Waals surface area contributed by atoms with Crippen molar-refractivity contribution in [2.24, 2.45) is 4.99 Å². The van der Waals surface area contributed by atoms with Crippen LogP contribution in [0.2, 0.25) is 0 Å². The van der Waals surface area contributed by atoms with Gasteiger partial charge in [-0.1, -0.05) is 12.1 Å². The number of guanidine groups is 1. The van der Waals surface area contributed by atoms with Crippen LogP contribution in [-0.2, 0) is 9.53 Å². The molecule has 1 aromatic carbocycles. The van der Waals surface area contributed by atoms with E-state index in [1.165, 1.54) is 24.1 Å². The van der Waals surface area contributed by atoms with E-state index in [0.717, 1.165) is 25.5 Å². The average Bonchev–Trinajstić information content (AvgIpc) is 3.19. The van der Waals surface area contributed by atoms with Gasteiger partial charge in [0.05, 0.1) is 12.6 Å². The molecular formula is C20H33IN4O2. The van der Waals surface area contributed by atoms with Crippen molar-refractivity contribution in [1.29, 1.82) is 0 Å². The number of carbonyl (C=O) groups excluding carboxylic acids is 1. The topological polar surface area (TPSA) is 66.0 Å². The Hall–Kier alpha value is -1.51. The van der Waals surface area contributed by atoms with Crippen LogP contribution in [-0.4, -0.2) is 45.2 Å². The average molecular weight is 488 g/mol. The van der Waals surface area contributed by atoms with E-state index in [1.807, 2.05) is 6.92 Å². The van der Waals surface area contributed by atoms with Gasteiger partial charge in [-0.15, -0.1) is 24.0 Å². The number of aliphatic imine (C=N–C) groups is 1. The van der Waals surface area contributed by atoms with Crippen LogP contribution >= 0.6 is 24.0 Å². The number of nitrogens with one attached hydrogen (secondary N) is 2. The van der Waals surface area contributed by atoms with E-state index in [2.05, 4.69) is 51.7 Å². The lowest BCUT2D eigenvalue weighted by Crippen LogP contribution is -2.39. The summed E-state index contributed by atoms with van der Waals surface area (Å²) in [5.41, 5.74) is 2.54. The second-order valence-electron chi connectivity index (χ2n) is 6.56. The molecule has 0 saturated carbocycles. The van der Waals surface area contributed by atoms with Gasteiger partial charge in [0.15, 0.2) is 5.96 Å². The maximum Gasteiger partial charge on any atom is 0.305 e. The maximum atomic E-state index is 11.4. The van der Waals surface area contributed by atoms with E-state index in [-0.39, 0.29) is 36.0 Å². The Labute approximate surface area is 180 Å². The minimum atomic E-state index is -0.149. The van der Waals surface area contributed by atoms with Crippen molar-refractivity contribution in [2.45, 2.75) is 45.6 Å². The van der Waals surface area contributed by atoms with Crippen LogP contribution in [0.4, 0.5) is 5.69 Å². The molecule has 0 bridgehead atoms. The van der Waals surface area contributed by atoms with E-state index in [4.69, 9.17) is 4.74 Å². The van der Waals surface area contributed by atoms with Gasteiger partial charge in [0.25, 0.3) is 0 Å². The molecule has 0 aromatic heterocycles. The number of halogens is 1. The lowest BCUT2D eigenvalue weighted by atomic mass is 10.1. The van der Waals surface area contributed by atoms with Gasteiger partial charge < -0.3 is 20.3 Å². The number of hydrogen-bond acceptors (Lipinski definition) is 4. The summed E-state index contributed by atoms with van der Waals surface area (Å²) in [5, 5.41) is 6.68. The molecule has 2 rings (SSSR count). The number of anilines is 1. The van der Waals surface area contributed by atoms with Crippen molar-refractivity contribution in [3.63, 3.8) is 0 Å². The molecule has 2 N–H and O–H groups in total. The fourth-order valence-corrected chi connectivity index (χ4v) is 3.12. The highest BCUT2D eigenvalue weighted by Gasteiger charge is 2.14. The summed E-state index contributed by atoms with van der Waals surface area (Å²) >= 11 is 0. The number of hydrogen-bond donors (Lipinski definition) is 2. The molecular weight excluding hydrogens is 455 g/mol. The van der Waals surface area contributed by atoms with Crippen molar-refractivity contribution in [1.82, 2.24) is 10.6 Å². The minimum Gasteiger partial charge on any atom is -0.466 e. The third-order valence-electron chi connectivity index (χ3n) is 4.57. The van der Waals surface area contributed by atoms with Gasteiger partial charge >= 0.3 is 5.97 Å². The molecule has 0 aliphatic carbocycles. The molecule has 152 valence electrons. The normalized spacial score (nSPS) is 15.1. The monoisotopic (exact) mass is 488 g/mol. The van der Waals surface area contributed by atoms with Crippen molar-refractivity contribution in [2.75, 3.05) is 38.2 Å². The summed E-state index contributed by atoms with van der Waals surface area (Å²) in [6, 6.07) is 8.86. The third-order valence-corrected chi connectivity index (χ3v) is 4.57. The van der Waals surface area contributed by atoms with Gasteiger partial charge in [0.2, 0.25) is 0 Å². The molecule has 7 heteroatoms. The lowest BCUT2D eigenvalue weighted by molar-refractivity contribution is -0.143. The molecule has 0 amide bonds. The molecule has 0 radical (unpaired) electrons. The van der Waals surface area contributed by atoms with Crippen molar-refractivity contribution >= 4 is 41.6 Å². The number of ether oxygens (including phenoxy) is 1. The fourth-order valence-electron chi connectivity index (χ4n) is 3.12. The van der Waals surface area contributed by atoms with Gasteiger partial charge in [-0.3, -0.25) is 9.79 Å². The highest BCUT2D eigenvalue weighted by atomic mass is 127. The summed E-state index contributed by atoms with van der Waals surface area (Å²) in [5.74, 6) is 0.595. The predicted molar refractivity (Wildman–Crippen MR) is 122 cm³/mol. The molecule has 6 nitrogen and oxygen atoms in total. The third kappa shape index (κ3) is 7.94. The molecule has 1 fully saturated rings. The van der Waals surface area contributed by atoms with Crippen LogP contribution in [0.1, 0.15) is 51.1 Å². The van der Waals surface area contributed by atoms with Crippen LogP contribution in [0.15, 0.2) is 29.3 Å². The molecule has 1 saturated heterocycles. The minimum absolute atomic E-state index is 0. The highest BCUT2D eigenvalue weighted by molar-refractivity contribution is 14.0. The van der Waals surface area contributed by atoms with Crippen molar-refractivity contribution in [3.05, 3.63) is 29.8 Å². The Bertz CT molecular complexity index is 603. The first-order valence-electron chi connectivity index (χ1n) is 9.61. The molecule has 1 aliphatic heterocycles. The zero-order chi connectivity index (χ0) is 18.8. The van der Waals surface area contributed by atoms with Crippen LogP contribution < -0.4 is 15.5 Å². The Morgan fingerprint density at radius 3 is 2.74 bits per heavy atom. The van der Waals surface area contributed by atoms with Crippen molar-refractivity contribution in [3.8, 4) is 0 Å². The van der Waals surface area contributed by atoms with Gasteiger partial charge in [0, 0.05) is 38.8 Å². The Morgan fingerprint density at radius 1 is 1.33 bits per heavy atom. The second-order valence-corrected chi connectivity index (χ2v) is 6.56. The van der Waals surface area contributed by atoms with Gasteiger partial charge in [0.1, 0.15) is 0 Å². The summed E-state index contributed by atoms with van der Waals surface area (Å²) in [6.45, 7) is 7.36. The Morgan fingerprint density at radius 2 is 2.07 bits per heavy atom. The van der Waals surface area contributed by atoms with Crippen LogP contribution in [0.25, 0.3) is 0 Å². The summed E-state index contributed by atoms with van der Waals surface area (Å²) in [6.07, 6.45) is 3.70. The predicted octanol–water partition coefficient (Wildman–Crippen LogP) is 3.47. The van der Waals surface area contributed by atoms with Gasteiger partial charge in [-0.05, 0) is 50.8 Å². The smallest absolute Gasteiger partial charge is 0.305 e. The first kappa shape index (κ1) is 23.5. The summed E-state index contributed by atoms with van der Waals surface area (Å²) < 4.78 is 4.93. The SMILES string of the molecule is CCOC(=O)CCCNC(=NC)NC(C)c1cccc(N2CCCC2)c1.I. The second kappa shape index (κ2) is 12.8. The Kier molecular flexibility index (Phi) is 11.2. The first-order chi connectivity index (χ1) is 12.6. The van der Waals surface area contributed by atoms with Crippen molar-refractivity contribution < 1.29 is 9.53 Å². The molecule has 1 aliphatic rings. The molecule has 1 heterocycles. The molecule has 27 heavy (non-hydrogen) atoms. The number of carbonyl (C=O) groups is 1. The van der Waals surface area contributed by atoms with E-state index >= 15 is 0 Å². The van der Waals surface area contributed by atoms with E-state index in [1.54, 1.807) is 7.05 Å². The number of nitrogens with zero attached hydrogens (tertiary/aromatic N) is 2. The summed E-state index contributed by atoms with van der Waals surface area (Å²) in [4.78, 5) is 18.1. The maximum absolute atomic E-state index is 11.4. The molecule has 0 spiro atoms. The lowest BCUT2D eigenvalue weighted by Gasteiger charge is -2.22. The quantitative estimate of drug-likeness (QED) is 0.193. The molecule has 1 atom stereocenters. The van der Waals surface area contributed by atoms with Gasteiger partial charge in [-0.25, -0.2) is 0 Å². The molecule has 1 unspecified atom stereocenters.